The largest absolute Gasteiger partial charge is 0.462 e. The van der Waals surface area contributed by atoms with E-state index in [2.05, 4.69) is 106 Å². The maximum absolute atomic E-state index is 12.9. The van der Waals surface area contributed by atoms with E-state index in [-0.39, 0.29) is 31.1 Å². The van der Waals surface area contributed by atoms with Crippen LogP contribution in [-0.4, -0.2) is 37.2 Å². The molecule has 6 heteroatoms. The summed E-state index contributed by atoms with van der Waals surface area (Å²) in [4.78, 5) is 38.4. The highest BCUT2D eigenvalue weighted by Gasteiger charge is 2.19. The van der Waals surface area contributed by atoms with Crippen LogP contribution in [0.5, 0.6) is 0 Å². The summed E-state index contributed by atoms with van der Waals surface area (Å²) in [5.74, 6) is -0.878. The van der Waals surface area contributed by atoms with Crippen LogP contribution in [0.3, 0.4) is 0 Å². The zero-order chi connectivity index (χ0) is 56.4. The van der Waals surface area contributed by atoms with Crippen molar-refractivity contribution >= 4 is 17.9 Å². The third kappa shape index (κ3) is 63.4. The van der Waals surface area contributed by atoms with E-state index in [0.29, 0.717) is 19.3 Å². The molecule has 0 radical (unpaired) electrons. The van der Waals surface area contributed by atoms with Crippen molar-refractivity contribution in [2.75, 3.05) is 13.2 Å². The van der Waals surface area contributed by atoms with Crippen LogP contribution in [0.15, 0.2) is 85.1 Å². The molecule has 6 nitrogen and oxygen atoms in total. The molecule has 0 aromatic heterocycles. The lowest BCUT2D eigenvalue weighted by atomic mass is 10.0. The van der Waals surface area contributed by atoms with Crippen LogP contribution < -0.4 is 0 Å². The van der Waals surface area contributed by atoms with Gasteiger partial charge in [0.15, 0.2) is 6.10 Å². The van der Waals surface area contributed by atoms with Crippen molar-refractivity contribution < 1.29 is 28.6 Å². The Bertz CT molecular complexity index is 1480. The molecule has 0 amide bonds. The summed E-state index contributed by atoms with van der Waals surface area (Å²) in [7, 11) is 0. The second-order valence-electron chi connectivity index (χ2n) is 22.4. The van der Waals surface area contributed by atoms with Gasteiger partial charge in [-0.15, -0.1) is 0 Å². The second kappa shape index (κ2) is 66.1. The molecule has 0 spiro atoms. The predicted molar refractivity (Wildman–Crippen MR) is 339 cm³/mol. The lowest BCUT2D eigenvalue weighted by Gasteiger charge is -2.18. The monoisotopic (exact) mass is 1090 g/mol. The number of carbonyl (C=O) groups excluding carboxylic acids is 3. The van der Waals surface area contributed by atoms with E-state index in [1.807, 2.05) is 0 Å². The third-order valence-corrected chi connectivity index (χ3v) is 14.6. The molecule has 0 fully saturated rings. The summed E-state index contributed by atoms with van der Waals surface area (Å²) in [5.41, 5.74) is 0. The zero-order valence-corrected chi connectivity index (χ0v) is 51.7. The molecule has 0 aliphatic rings. The first-order valence-corrected chi connectivity index (χ1v) is 33.6. The standard InChI is InChI=1S/C72H126O6/c1-4-7-10-13-16-19-22-25-28-31-32-33-34-35-36-37-38-39-40-42-44-47-50-53-56-59-62-65-71(74)77-68-69(67-76-70(73)64-61-58-55-52-49-46-43-30-27-24-21-18-15-12-9-6-3)78-72(75)66-63-60-57-54-51-48-45-41-29-26-23-20-17-14-11-8-5-2/h7,10,16,19,21,24-25,28,30,32-33,35-36,43,69H,4-6,8-9,11-15,17-18,20,22-23,26-27,29,31,34,37-42,44-68H2,1-3H3/b10-7-,19-16-,24-21-,28-25-,33-32-,36-35-,43-30-. The molecule has 0 saturated heterocycles. The number of hydrogen-bond acceptors (Lipinski definition) is 6. The molecule has 1 unspecified atom stereocenters. The first-order chi connectivity index (χ1) is 38.5. The van der Waals surface area contributed by atoms with Crippen LogP contribution in [0.2, 0.25) is 0 Å². The Labute approximate surface area is 484 Å². The summed E-state index contributed by atoms with van der Waals surface area (Å²) in [6.45, 7) is 6.54. The lowest BCUT2D eigenvalue weighted by molar-refractivity contribution is -0.167. The molecule has 0 aromatic carbocycles. The molecule has 0 N–H and O–H groups in total. The van der Waals surface area contributed by atoms with Gasteiger partial charge in [0.25, 0.3) is 0 Å². The first kappa shape index (κ1) is 74.6. The number of ether oxygens (including phenoxy) is 3. The van der Waals surface area contributed by atoms with Gasteiger partial charge in [-0.05, 0) is 96.3 Å². The van der Waals surface area contributed by atoms with Crippen molar-refractivity contribution in [1.82, 2.24) is 0 Å². The van der Waals surface area contributed by atoms with Gasteiger partial charge < -0.3 is 14.2 Å². The third-order valence-electron chi connectivity index (χ3n) is 14.6. The number of unbranched alkanes of at least 4 members (excludes halogenated alkanes) is 36. The Hall–Kier alpha value is -3.41. The van der Waals surface area contributed by atoms with E-state index >= 15 is 0 Å². The highest BCUT2D eigenvalue weighted by Crippen LogP contribution is 2.17. The Morgan fingerprint density at radius 2 is 0.500 bits per heavy atom. The van der Waals surface area contributed by atoms with Crippen LogP contribution in [0.4, 0.5) is 0 Å². The highest BCUT2D eigenvalue weighted by molar-refractivity contribution is 5.71. The van der Waals surface area contributed by atoms with Gasteiger partial charge in [-0.2, -0.15) is 0 Å². The molecule has 0 bridgehead atoms. The van der Waals surface area contributed by atoms with Crippen molar-refractivity contribution in [2.45, 2.75) is 341 Å². The van der Waals surface area contributed by atoms with E-state index in [4.69, 9.17) is 14.2 Å². The topological polar surface area (TPSA) is 78.9 Å². The Kier molecular flexibility index (Phi) is 63.2. The molecule has 1 atom stereocenters. The minimum absolute atomic E-state index is 0.0793. The van der Waals surface area contributed by atoms with Crippen LogP contribution in [-0.2, 0) is 28.6 Å². The van der Waals surface area contributed by atoms with Crippen molar-refractivity contribution in [3.63, 3.8) is 0 Å². The molecule has 0 heterocycles. The normalized spacial score (nSPS) is 12.6. The van der Waals surface area contributed by atoms with Gasteiger partial charge >= 0.3 is 17.9 Å². The number of esters is 3. The van der Waals surface area contributed by atoms with Crippen molar-refractivity contribution in [1.29, 1.82) is 0 Å². The molecular formula is C72H126O6. The molecule has 0 saturated carbocycles. The Morgan fingerprint density at radius 3 is 0.795 bits per heavy atom. The fourth-order valence-electron chi connectivity index (χ4n) is 9.62. The van der Waals surface area contributed by atoms with E-state index in [1.54, 1.807) is 0 Å². The Balaban J connectivity index is 4.32. The van der Waals surface area contributed by atoms with Crippen LogP contribution in [0.25, 0.3) is 0 Å². The van der Waals surface area contributed by atoms with Gasteiger partial charge in [-0.25, -0.2) is 0 Å². The SMILES string of the molecule is CC/C=C\C/C=C\C/C=C\C/C=C\C/C=C\CCCCCCCCCCCCCC(=O)OCC(COC(=O)CCCCCCC/C=C\C/C=C\CCCCCC)OC(=O)CCCCCCCCCCCCCCCCCCC. The minimum Gasteiger partial charge on any atom is -0.462 e. The average molecular weight is 1090 g/mol. The maximum Gasteiger partial charge on any atom is 0.306 e. The van der Waals surface area contributed by atoms with E-state index < -0.39 is 6.10 Å². The lowest BCUT2D eigenvalue weighted by Crippen LogP contribution is -2.30. The summed E-state index contributed by atoms with van der Waals surface area (Å²) in [5, 5.41) is 0. The molecular weight excluding hydrogens is 961 g/mol. The molecule has 0 aromatic rings. The van der Waals surface area contributed by atoms with E-state index in [9.17, 15) is 14.4 Å². The number of rotatable bonds is 61. The molecule has 450 valence electrons. The van der Waals surface area contributed by atoms with Gasteiger partial charge in [-0.1, -0.05) is 305 Å². The molecule has 0 aliphatic carbocycles. The average Bonchev–Trinajstić information content (AvgIpc) is 3.44. The number of carbonyl (C=O) groups is 3. The Morgan fingerprint density at radius 1 is 0.269 bits per heavy atom. The number of allylic oxidation sites excluding steroid dienone is 14. The van der Waals surface area contributed by atoms with Gasteiger partial charge in [0.1, 0.15) is 13.2 Å². The quantitative estimate of drug-likeness (QED) is 0.0261. The zero-order valence-electron chi connectivity index (χ0n) is 51.7. The summed E-state index contributed by atoms with van der Waals surface area (Å²) in [6, 6.07) is 0. The molecule has 0 rings (SSSR count). The second-order valence-corrected chi connectivity index (χ2v) is 22.4. The first-order valence-electron chi connectivity index (χ1n) is 33.6. The predicted octanol–water partition coefficient (Wildman–Crippen LogP) is 23.1. The van der Waals surface area contributed by atoms with Crippen LogP contribution >= 0.6 is 0 Å². The number of hydrogen-bond donors (Lipinski definition) is 0. The minimum atomic E-state index is -0.783. The van der Waals surface area contributed by atoms with Gasteiger partial charge in [0.2, 0.25) is 0 Å². The van der Waals surface area contributed by atoms with Gasteiger partial charge in [0, 0.05) is 19.3 Å². The van der Waals surface area contributed by atoms with Gasteiger partial charge in [0.05, 0.1) is 0 Å². The fraction of sp³-hybridized carbons (Fsp3) is 0.764. The van der Waals surface area contributed by atoms with E-state index in [1.165, 1.54) is 186 Å². The van der Waals surface area contributed by atoms with Gasteiger partial charge in [-0.3, -0.25) is 14.4 Å². The van der Waals surface area contributed by atoms with Crippen LogP contribution in [0.1, 0.15) is 335 Å². The van der Waals surface area contributed by atoms with Crippen molar-refractivity contribution in [3.8, 4) is 0 Å². The molecule has 0 aliphatic heterocycles. The highest BCUT2D eigenvalue weighted by atomic mass is 16.6. The van der Waals surface area contributed by atoms with Crippen molar-refractivity contribution in [3.05, 3.63) is 85.1 Å². The summed E-state index contributed by atoms with van der Waals surface area (Å²) >= 11 is 0. The van der Waals surface area contributed by atoms with Crippen molar-refractivity contribution in [2.24, 2.45) is 0 Å². The van der Waals surface area contributed by atoms with Crippen LogP contribution in [0, 0.1) is 0 Å². The smallest absolute Gasteiger partial charge is 0.306 e. The summed E-state index contributed by atoms with van der Waals surface area (Å²) in [6.07, 6.45) is 87.3. The van der Waals surface area contributed by atoms with E-state index in [0.717, 1.165) is 109 Å². The maximum atomic E-state index is 12.9. The summed E-state index contributed by atoms with van der Waals surface area (Å²) < 4.78 is 17.0. The molecule has 78 heavy (non-hydrogen) atoms. The fourth-order valence-corrected chi connectivity index (χ4v) is 9.62.